The number of amides is 2. The van der Waals surface area contributed by atoms with Gasteiger partial charge >= 0.3 is 6.03 Å². The fourth-order valence-electron chi connectivity index (χ4n) is 2.72. The second kappa shape index (κ2) is 6.57. The van der Waals surface area contributed by atoms with E-state index in [0.29, 0.717) is 13.1 Å². The van der Waals surface area contributed by atoms with E-state index < -0.39 is 0 Å². The molecule has 0 unspecified atom stereocenters. The second-order valence-corrected chi connectivity index (χ2v) is 5.44. The molecule has 2 amide bonds. The summed E-state index contributed by atoms with van der Waals surface area (Å²) in [5.74, 6) is 0. The molecule has 1 aromatic carbocycles. The lowest BCUT2D eigenvalue weighted by Crippen LogP contribution is -2.44. The van der Waals surface area contributed by atoms with Gasteiger partial charge in [-0.05, 0) is 31.5 Å². The van der Waals surface area contributed by atoms with Crippen LogP contribution in [-0.4, -0.2) is 19.1 Å². The monoisotopic (exact) mass is 261 g/mol. The van der Waals surface area contributed by atoms with Gasteiger partial charge in [0, 0.05) is 17.6 Å². The topological polar surface area (TPSA) is 67.1 Å². The van der Waals surface area contributed by atoms with Gasteiger partial charge in [-0.2, -0.15) is 0 Å². The Morgan fingerprint density at radius 2 is 1.84 bits per heavy atom. The average molecular weight is 261 g/mol. The molecule has 0 spiro atoms. The number of nitrogens with two attached hydrogens (primary N) is 1. The molecular weight excluding hydrogens is 238 g/mol. The van der Waals surface area contributed by atoms with Crippen molar-refractivity contribution < 1.29 is 4.79 Å². The minimum atomic E-state index is -0.149. The number of para-hydroxylation sites is 1. The maximum Gasteiger partial charge on any atom is 0.319 e. The van der Waals surface area contributed by atoms with Gasteiger partial charge in [-0.15, -0.1) is 0 Å². The minimum absolute atomic E-state index is 0.103. The number of nitrogens with one attached hydrogen (secondary N) is 2. The van der Waals surface area contributed by atoms with E-state index in [0.717, 1.165) is 18.5 Å². The lowest BCUT2D eigenvalue weighted by Gasteiger charge is -2.36. The van der Waals surface area contributed by atoms with Crippen molar-refractivity contribution in [2.75, 3.05) is 18.4 Å². The van der Waals surface area contributed by atoms with E-state index in [2.05, 4.69) is 10.6 Å². The first-order valence-corrected chi connectivity index (χ1v) is 7.04. The lowest BCUT2D eigenvalue weighted by molar-refractivity contribution is 0.190. The van der Waals surface area contributed by atoms with E-state index in [1.807, 2.05) is 30.3 Å². The third-order valence-electron chi connectivity index (χ3n) is 4.00. The second-order valence-electron chi connectivity index (χ2n) is 5.44. The molecule has 104 valence electrons. The average Bonchev–Trinajstić information content (AvgIpc) is 2.47. The first-order chi connectivity index (χ1) is 9.24. The highest BCUT2D eigenvalue weighted by Gasteiger charge is 2.30. The lowest BCUT2D eigenvalue weighted by atomic mass is 9.74. The van der Waals surface area contributed by atoms with Gasteiger partial charge < -0.3 is 16.4 Å². The molecule has 4 heteroatoms. The predicted molar refractivity (Wildman–Crippen MR) is 78.0 cm³/mol. The maximum atomic E-state index is 11.9. The highest BCUT2D eigenvalue weighted by atomic mass is 16.2. The summed E-state index contributed by atoms with van der Waals surface area (Å²) in [6.45, 7) is 1.32. The number of hydrogen-bond donors (Lipinski definition) is 3. The largest absolute Gasteiger partial charge is 0.337 e. The Labute approximate surface area is 114 Å². The van der Waals surface area contributed by atoms with Crippen LogP contribution in [0.1, 0.15) is 32.1 Å². The van der Waals surface area contributed by atoms with Gasteiger partial charge in [-0.1, -0.05) is 37.5 Å². The summed E-state index contributed by atoms with van der Waals surface area (Å²) in [5.41, 5.74) is 6.82. The van der Waals surface area contributed by atoms with Crippen LogP contribution in [0, 0.1) is 5.41 Å². The number of anilines is 1. The number of carbonyl (C=O) groups is 1. The van der Waals surface area contributed by atoms with Gasteiger partial charge in [0.05, 0.1) is 0 Å². The Balaban J connectivity index is 1.82. The third-order valence-corrected chi connectivity index (χ3v) is 4.00. The zero-order valence-electron chi connectivity index (χ0n) is 11.3. The van der Waals surface area contributed by atoms with Crippen molar-refractivity contribution in [2.24, 2.45) is 11.1 Å². The van der Waals surface area contributed by atoms with Crippen LogP contribution in [0.3, 0.4) is 0 Å². The van der Waals surface area contributed by atoms with E-state index in [9.17, 15) is 4.79 Å². The molecule has 2 rings (SSSR count). The normalized spacial score (nSPS) is 17.7. The smallest absolute Gasteiger partial charge is 0.319 e. The Hall–Kier alpha value is -1.55. The molecule has 0 saturated heterocycles. The number of rotatable bonds is 4. The first kappa shape index (κ1) is 13.9. The van der Waals surface area contributed by atoms with E-state index in [1.165, 1.54) is 19.3 Å². The van der Waals surface area contributed by atoms with Gasteiger partial charge in [0.15, 0.2) is 0 Å². The molecule has 4 N–H and O–H groups in total. The van der Waals surface area contributed by atoms with Crippen LogP contribution < -0.4 is 16.4 Å². The van der Waals surface area contributed by atoms with Crippen molar-refractivity contribution in [3.8, 4) is 0 Å². The molecule has 0 bridgehead atoms. The summed E-state index contributed by atoms with van der Waals surface area (Å²) < 4.78 is 0. The van der Waals surface area contributed by atoms with Crippen LogP contribution in [0.5, 0.6) is 0 Å². The summed E-state index contributed by atoms with van der Waals surface area (Å²) in [6, 6.07) is 9.33. The van der Waals surface area contributed by atoms with Crippen molar-refractivity contribution >= 4 is 11.7 Å². The van der Waals surface area contributed by atoms with Crippen LogP contribution in [0.15, 0.2) is 30.3 Å². The molecule has 1 aromatic rings. The summed E-state index contributed by atoms with van der Waals surface area (Å²) in [7, 11) is 0. The number of benzene rings is 1. The maximum absolute atomic E-state index is 11.9. The summed E-state index contributed by atoms with van der Waals surface area (Å²) in [6.07, 6.45) is 5.97. The van der Waals surface area contributed by atoms with Crippen LogP contribution in [0.25, 0.3) is 0 Å². The molecule has 0 radical (unpaired) electrons. The quantitative estimate of drug-likeness (QED) is 0.780. The number of hydrogen-bond acceptors (Lipinski definition) is 2. The van der Waals surface area contributed by atoms with Crippen LogP contribution in [0.2, 0.25) is 0 Å². The molecule has 0 atom stereocenters. The number of urea groups is 1. The Kier molecular flexibility index (Phi) is 4.80. The standard InChI is InChI=1S/C15H23N3O/c16-11-15(9-5-2-6-10-15)12-17-14(19)18-13-7-3-1-4-8-13/h1,3-4,7-8H,2,5-6,9-12,16H2,(H2,17,18,19). The molecule has 0 heterocycles. The molecule has 0 aromatic heterocycles. The first-order valence-electron chi connectivity index (χ1n) is 7.04. The third kappa shape index (κ3) is 3.96. The molecule has 1 saturated carbocycles. The molecule has 0 aliphatic heterocycles. The molecule has 1 aliphatic carbocycles. The highest BCUT2D eigenvalue weighted by molar-refractivity contribution is 5.89. The Bertz CT molecular complexity index is 399. The van der Waals surface area contributed by atoms with E-state index in [4.69, 9.17) is 5.73 Å². The van der Waals surface area contributed by atoms with Gasteiger partial charge in [0.2, 0.25) is 0 Å². The van der Waals surface area contributed by atoms with Crippen LogP contribution in [0.4, 0.5) is 10.5 Å². The van der Waals surface area contributed by atoms with Crippen LogP contribution in [-0.2, 0) is 0 Å². The predicted octanol–water partition coefficient (Wildman–Crippen LogP) is 2.72. The van der Waals surface area contributed by atoms with Crippen molar-refractivity contribution in [3.63, 3.8) is 0 Å². The Morgan fingerprint density at radius 1 is 1.16 bits per heavy atom. The van der Waals surface area contributed by atoms with Crippen molar-refractivity contribution in [3.05, 3.63) is 30.3 Å². The van der Waals surface area contributed by atoms with Gasteiger partial charge in [-0.25, -0.2) is 4.79 Å². The van der Waals surface area contributed by atoms with E-state index in [1.54, 1.807) is 0 Å². The van der Waals surface area contributed by atoms with Crippen molar-refractivity contribution in [1.29, 1.82) is 0 Å². The minimum Gasteiger partial charge on any atom is -0.337 e. The fourth-order valence-corrected chi connectivity index (χ4v) is 2.72. The molecule has 4 nitrogen and oxygen atoms in total. The van der Waals surface area contributed by atoms with Gasteiger partial charge in [0.1, 0.15) is 0 Å². The summed E-state index contributed by atoms with van der Waals surface area (Å²) in [5, 5.41) is 5.79. The summed E-state index contributed by atoms with van der Waals surface area (Å²) in [4.78, 5) is 11.9. The van der Waals surface area contributed by atoms with E-state index >= 15 is 0 Å². The zero-order chi connectivity index (χ0) is 13.6. The summed E-state index contributed by atoms with van der Waals surface area (Å²) >= 11 is 0. The molecular formula is C15H23N3O. The fraction of sp³-hybridized carbons (Fsp3) is 0.533. The van der Waals surface area contributed by atoms with E-state index in [-0.39, 0.29) is 11.4 Å². The Morgan fingerprint density at radius 3 is 2.47 bits per heavy atom. The molecule has 1 fully saturated rings. The van der Waals surface area contributed by atoms with Crippen molar-refractivity contribution in [2.45, 2.75) is 32.1 Å². The number of carbonyl (C=O) groups excluding carboxylic acids is 1. The molecule has 19 heavy (non-hydrogen) atoms. The SMILES string of the molecule is NCC1(CNC(=O)Nc2ccccc2)CCCCC1. The van der Waals surface area contributed by atoms with Crippen molar-refractivity contribution in [1.82, 2.24) is 5.32 Å². The van der Waals surface area contributed by atoms with Gasteiger partial charge in [0.25, 0.3) is 0 Å². The highest BCUT2D eigenvalue weighted by Crippen LogP contribution is 2.34. The molecule has 1 aliphatic rings. The van der Waals surface area contributed by atoms with Gasteiger partial charge in [-0.3, -0.25) is 0 Å². The van der Waals surface area contributed by atoms with Crippen LogP contribution >= 0.6 is 0 Å². The zero-order valence-corrected chi connectivity index (χ0v) is 11.3.